The molecule has 13 heteroatoms. The summed E-state index contributed by atoms with van der Waals surface area (Å²) in [4.78, 5) is 29.1. The Morgan fingerprint density at radius 1 is 0.897 bits per heavy atom. The molecule has 2 aromatic rings. The molecule has 0 radical (unpaired) electrons. The number of nitrogens with zero attached hydrogens (tertiary/aromatic N) is 4. The molecule has 0 aromatic heterocycles. The highest BCUT2D eigenvalue weighted by atomic mass is 19.4. The molecule has 39 heavy (non-hydrogen) atoms. The van der Waals surface area contributed by atoms with E-state index in [2.05, 4.69) is 15.4 Å². The van der Waals surface area contributed by atoms with E-state index < -0.39 is 29.2 Å². The molecule has 4 rings (SSSR count). The van der Waals surface area contributed by atoms with E-state index in [0.717, 1.165) is 24.3 Å². The maximum Gasteiger partial charge on any atom is 0.418 e. The number of anilines is 2. The number of rotatable bonds is 7. The zero-order valence-electron chi connectivity index (χ0n) is 21.1. The van der Waals surface area contributed by atoms with Gasteiger partial charge in [-0.25, -0.2) is 0 Å². The van der Waals surface area contributed by atoms with E-state index in [1.165, 1.54) is 12.1 Å². The Morgan fingerprint density at radius 3 is 2.21 bits per heavy atom. The molecule has 2 aliphatic heterocycles. The monoisotopic (exact) mass is 557 g/mol. The van der Waals surface area contributed by atoms with Gasteiger partial charge in [-0.1, -0.05) is 6.07 Å². The first-order valence-corrected chi connectivity index (χ1v) is 12.7. The number of carbonyl (C=O) groups excluding carboxylic acids is 1. The van der Waals surface area contributed by atoms with Gasteiger partial charge in [0.15, 0.2) is 0 Å². The van der Waals surface area contributed by atoms with E-state index in [4.69, 9.17) is 0 Å². The molecule has 0 spiro atoms. The number of nitrogens with one attached hydrogen (secondary N) is 1. The molecular weight excluding hydrogens is 528 g/mol. The molecule has 2 saturated heterocycles. The van der Waals surface area contributed by atoms with E-state index in [-0.39, 0.29) is 17.6 Å². The average molecular weight is 558 g/mol. The first-order valence-electron chi connectivity index (χ1n) is 12.7. The van der Waals surface area contributed by atoms with Crippen molar-refractivity contribution in [3.63, 3.8) is 0 Å². The normalized spacial score (nSPS) is 17.8. The largest absolute Gasteiger partial charge is 0.418 e. The molecule has 2 heterocycles. The number of benzene rings is 2. The quantitative estimate of drug-likeness (QED) is 0.348. The van der Waals surface area contributed by atoms with Crippen LogP contribution in [0.15, 0.2) is 47.6 Å². The van der Waals surface area contributed by atoms with Gasteiger partial charge >= 0.3 is 12.4 Å². The van der Waals surface area contributed by atoms with Crippen molar-refractivity contribution in [1.82, 2.24) is 9.80 Å². The molecule has 7 nitrogen and oxygen atoms in total. The zero-order valence-corrected chi connectivity index (χ0v) is 21.1. The van der Waals surface area contributed by atoms with Crippen LogP contribution in [0.5, 0.6) is 0 Å². The number of alkyl halides is 6. The Kier molecular flexibility index (Phi) is 8.67. The van der Waals surface area contributed by atoms with Crippen molar-refractivity contribution in [1.29, 1.82) is 0 Å². The van der Waals surface area contributed by atoms with Crippen LogP contribution in [-0.4, -0.2) is 67.6 Å². The number of piperidine rings is 1. The first-order chi connectivity index (χ1) is 18.4. The van der Waals surface area contributed by atoms with Gasteiger partial charge in [0, 0.05) is 69.7 Å². The Morgan fingerprint density at radius 2 is 1.59 bits per heavy atom. The lowest BCUT2D eigenvalue weighted by molar-refractivity contribution is -0.138. The van der Waals surface area contributed by atoms with Gasteiger partial charge in [-0.3, -0.25) is 4.79 Å². The summed E-state index contributed by atoms with van der Waals surface area (Å²) in [6, 6.07) is 8.50. The minimum absolute atomic E-state index is 0.0116. The van der Waals surface area contributed by atoms with Crippen LogP contribution in [0.1, 0.15) is 30.4 Å². The molecule has 1 N–H and O–H groups in total. The van der Waals surface area contributed by atoms with Crippen LogP contribution < -0.4 is 10.2 Å². The smallest absolute Gasteiger partial charge is 0.382 e. The van der Waals surface area contributed by atoms with Gasteiger partial charge in [-0.05, 0) is 54.4 Å². The zero-order chi connectivity index (χ0) is 28.2. The standard InChI is InChI=1S/C26H29F6N5O2/c27-25(28,29)18-2-1-3-21(16-18)36-12-14-37(15-13-36)24(38)8-11-35-9-6-19(7-10-35)33-20-4-5-23(34-39)22(17-20)26(30,31)32/h1-5,16-17,19,33H,6-15H2. The lowest BCUT2D eigenvalue weighted by Gasteiger charge is -2.37. The number of likely N-dealkylation sites (tertiary alicyclic amines) is 1. The molecule has 0 bridgehead atoms. The molecule has 0 saturated carbocycles. The predicted molar refractivity (Wildman–Crippen MR) is 135 cm³/mol. The summed E-state index contributed by atoms with van der Waals surface area (Å²) in [5.74, 6) is -0.0116. The summed E-state index contributed by atoms with van der Waals surface area (Å²) >= 11 is 0. The summed E-state index contributed by atoms with van der Waals surface area (Å²) < 4.78 is 78.6. The lowest BCUT2D eigenvalue weighted by Crippen LogP contribution is -2.49. The van der Waals surface area contributed by atoms with E-state index in [1.54, 1.807) is 11.0 Å². The highest BCUT2D eigenvalue weighted by Gasteiger charge is 2.35. The second-order valence-corrected chi connectivity index (χ2v) is 9.75. The maximum absolute atomic E-state index is 13.2. The summed E-state index contributed by atoms with van der Waals surface area (Å²) in [7, 11) is 0. The Labute approximate surface area is 221 Å². The number of hydrogen-bond donors (Lipinski definition) is 1. The summed E-state index contributed by atoms with van der Waals surface area (Å²) in [5, 5.41) is 5.56. The molecule has 212 valence electrons. The van der Waals surface area contributed by atoms with Crippen LogP contribution >= 0.6 is 0 Å². The third kappa shape index (κ3) is 7.40. The van der Waals surface area contributed by atoms with Crippen LogP contribution in [0.4, 0.5) is 43.4 Å². The van der Waals surface area contributed by atoms with Gasteiger partial charge in [-0.2, -0.15) is 26.3 Å². The van der Waals surface area contributed by atoms with E-state index >= 15 is 0 Å². The number of amides is 1. The molecular formula is C26H29F6N5O2. The van der Waals surface area contributed by atoms with Gasteiger partial charge in [0.25, 0.3) is 0 Å². The fourth-order valence-electron chi connectivity index (χ4n) is 4.97. The van der Waals surface area contributed by atoms with Crippen LogP contribution in [-0.2, 0) is 17.1 Å². The lowest BCUT2D eigenvalue weighted by atomic mass is 10.0. The summed E-state index contributed by atoms with van der Waals surface area (Å²) in [5.41, 5.74) is -1.66. The van der Waals surface area contributed by atoms with Crippen molar-refractivity contribution in [3.05, 3.63) is 58.5 Å². The van der Waals surface area contributed by atoms with Crippen LogP contribution in [0.25, 0.3) is 0 Å². The van der Waals surface area contributed by atoms with Crippen LogP contribution in [0.2, 0.25) is 0 Å². The maximum atomic E-state index is 13.2. The highest BCUT2D eigenvalue weighted by Crippen LogP contribution is 2.38. The van der Waals surface area contributed by atoms with Crippen molar-refractivity contribution in [3.8, 4) is 0 Å². The minimum atomic E-state index is -4.68. The van der Waals surface area contributed by atoms with E-state index in [0.29, 0.717) is 70.8 Å². The second-order valence-electron chi connectivity index (χ2n) is 9.75. The number of carbonyl (C=O) groups is 1. The van der Waals surface area contributed by atoms with Crippen molar-refractivity contribution < 1.29 is 31.1 Å². The molecule has 0 atom stereocenters. The summed E-state index contributed by atoms with van der Waals surface area (Å²) in [6.45, 7) is 3.66. The molecule has 0 aliphatic carbocycles. The van der Waals surface area contributed by atoms with Crippen molar-refractivity contribution in [2.45, 2.75) is 37.7 Å². The fourth-order valence-corrected chi connectivity index (χ4v) is 4.97. The highest BCUT2D eigenvalue weighted by molar-refractivity contribution is 5.76. The van der Waals surface area contributed by atoms with Crippen LogP contribution in [0, 0.1) is 4.91 Å². The van der Waals surface area contributed by atoms with Gasteiger partial charge < -0.3 is 20.0 Å². The predicted octanol–water partition coefficient (Wildman–Crippen LogP) is 5.74. The molecule has 2 aliphatic rings. The summed E-state index contributed by atoms with van der Waals surface area (Å²) in [6.07, 6.45) is -7.41. The van der Waals surface area contributed by atoms with E-state index in [1.807, 2.05) is 4.90 Å². The molecule has 2 aromatic carbocycles. The Bertz CT molecular complexity index is 1160. The third-order valence-electron chi connectivity index (χ3n) is 7.17. The average Bonchev–Trinajstić information content (AvgIpc) is 2.91. The van der Waals surface area contributed by atoms with E-state index in [9.17, 15) is 36.0 Å². The minimum Gasteiger partial charge on any atom is -0.382 e. The molecule has 2 fully saturated rings. The number of halogens is 6. The van der Waals surface area contributed by atoms with Crippen molar-refractivity contribution in [2.75, 3.05) is 56.0 Å². The van der Waals surface area contributed by atoms with Crippen LogP contribution in [0.3, 0.4) is 0 Å². The van der Waals surface area contributed by atoms with Crippen molar-refractivity contribution >= 4 is 23.0 Å². The van der Waals surface area contributed by atoms with Gasteiger partial charge in [0.05, 0.1) is 11.1 Å². The molecule has 0 unspecified atom stereocenters. The number of hydrogen-bond acceptors (Lipinski definition) is 6. The SMILES string of the molecule is O=Nc1ccc(NC2CCN(CCC(=O)N3CCN(c4cccc(C(F)(F)F)c4)CC3)CC2)cc1C(F)(F)F. The number of nitroso groups, excluding NO2 is 1. The van der Waals surface area contributed by atoms with Gasteiger partial charge in [0.1, 0.15) is 5.69 Å². The second kappa shape index (κ2) is 11.8. The van der Waals surface area contributed by atoms with Gasteiger partial charge in [-0.15, -0.1) is 4.91 Å². The Hall–Kier alpha value is -3.35. The Balaban J connectivity index is 1.20. The fraction of sp³-hybridized carbons (Fsp3) is 0.500. The topological polar surface area (TPSA) is 68.2 Å². The third-order valence-corrected chi connectivity index (χ3v) is 7.17. The van der Waals surface area contributed by atoms with Crippen molar-refractivity contribution in [2.24, 2.45) is 5.18 Å². The van der Waals surface area contributed by atoms with Gasteiger partial charge in [0.2, 0.25) is 5.91 Å². The molecule has 1 amide bonds. The number of piperazine rings is 1. The first kappa shape index (κ1) is 28.7.